The molecule has 10 heteroatoms. The number of benzene rings is 2. The normalized spacial score (nSPS) is 11.7. The average Bonchev–Trinajstić information content (AvgIpc) is 3.08. The van der Waals surface area contributed by atoms with Gasteiger partial charge in [-0.05, 0) is 38.1 Å². The lowest BCUT2D eigenvalue weighted by molar-refractivity contribution is -0.137. The van der Waals surface area contributed by atoms with E-state index < -0.39 is 28.8 Å². The zero-order valence-corrected chi connectivity index (χ0v) is 17.8. The van der Waals surface area contributed by atoms with Crippen LogP contribution in [0.3, 0.4) is 0 Å². The molecule has 0 spiro atoms. The molecular weight excluding hydrogens is 435 g/mol. The molecule has 2 aromatic heterocycles. The third-order valence-corrected chi connectivity index (χ3v) is 5.23. The van der Waals surface area contributed by atoms with E-state index in [2.05, 4.69) is 15.4 Å². The topological polar surface area (TPSA) is 81.8 Å². The number of aromatic nitrogens is 4. The summed E-state index contributed by atoms with van der Waals surface area (Å²) in [6, 6.07) is 13.5. The zero-order chi connectivity index (χ0) is 23.8. The molecule has 0 aliphatic heterocycles. The van der Waals surface area contributed by atoms with Crippen molar-refractivity contribution in [2.75, 3.05) is 6.54 Å². The molecule has 0 aliphatic rings. The summed E-state index contributed by atoms with van der Waals surface area (Å²) >= 11 is 0. The Bertz CT molecular complexity index is 1410. The maximum atomic E-state index is 13.5. The Morgan fingerprint density at radius 3 is 2.52 bits per heavy atom. The lowest BCUT2D eigenvalue weighted by Gasteiger charge is -2.16. The lowest BCUT2D eigenvalue weighted by atomic mass is 10.1. The second-order valence-corrected chi connectivity index (χ2v) is 7.48. The summed E-state index contributed by atoms with van der Waals surface area (Å²) in [6.07, 6.45) is -4.62. The van der Waals surface area contributed by atoms with Crippen LogP contribution >= 0.6 is 0 Å². The molecule has 0 unspecified atom stereocenters. The fourth-order valence-electron chi connectivity index (χ4n) is 3.69. The molecular formula is C23H20F3N5O2. The first-order valence-corrected chi connectivity index (χ1v) is 10.1. The highest BCUT2D eigenvalue weighted by molar-refractivity contribution is 5.92. The van der Waals surface area contributed by atoms with E-state index in [9.17, 15) is 22.8 Å². The predicted molar refractivity (Wildman–Crippen MR) is 116 cm³/mol. The molecule has 0 aliphatic carbocycles. The molecule has 7 nitrogen and oxygen atoms in total. The van der Waals surface area contributed by atoms with Gasteiger partial charge in [-0.1, -0.05) is 24.3 Å². The van der Waals surface area contributed by atoms with Crippen molar-refractivity contribution in [2.45, 2.75) is 26.6 Å². The fourth-order valence-corrected chi connectivity index (χ4v) is 3.69. The van der Waals surface area contributed by atoms with Gasteiger partial charge in [0.05, 0.1) is 22.3 Å². The largest absolute Gasteiger partial charge is 0.418 e. The van der Waals surface area contributed by atoms with Crippen molar-refractivity contribution in [3.63, 3.8) is 0 Å². The number of carbonyl (C=O) groups excluding carboxylic acids is 1. The lowest BCUT2D eigenvalue weighted by Crippen LogP contribution is -2.34. The number of nitrogens with zero attached hydrogens (tertiary/aromatic N) is 4. The van der Waals surface area contributed by atoms with E-state index in [0.29, 0.717) is 6.54 Å². The summed E-state index contributed by atoms with van der Waals surface area (Å²) in [6.45, 7) is 3.87. The van der Waals surface area contributed by atoms with Crippen LogP contribution in [0.2, 0.25) is 0 Å². The first-order chi connectivity index (χ1) is 15.7. The first kappa shape index (κ1) is 22.3. The van der Waals surface area contributed by atoms with Crippen molar-refractivity contribution in [3.8, 4) is 5.69 Å². The van der Waals surface area contributed by atoms with Gasteiger partial charge in [0.2, 0.25) is 5.43 Å². The zero-order valence-electron chi connectivity index (χ0n) is 17.8. The highest BCUT2D eigenvalue weighted by atomic mass is 19.4. The molecule has 1 amide bonds. The number of carbonyl (C=O) groups is 1. The van der Waals surface area contributed by atoms with Crippen molar-refractivity contribution in [3.05, 3.63) is 87.6 Å². The van der Waals surface area contributed by atoms with Crippen molar-refractivity contribution >= 4 is 16.9 Å². The molecule has 2 heterocycles. The molecule has 170 valence electrons. The van der Waals surface area contributed by atoms with Crippen LogP contribution in [-0.2, 0) is 12.7 Å². The number of alkyl halides is 3. The maximum absolute atomic E-state index is 13.5. The molecule has 0 radical (unpaired) electrons. The molecule has 0 saturated heterocycles. The highest BCUT2D eigenvalue weighted by Gasteiger charge is 2.34. The minimum Gasteiger partial charge on any atom is -0.349 e. The smallest absolute Gasteiger partial charge is 0.349 e. The van der Waals surface area contributed by atoms with Crippen LogP contribution in [0.15, 0.2) is 59.4 Å². The van der Waals surface area contributed by atoms with Crippen LogP contribution in [0.1, 0.15) is 27.6 Å². The van der Waals surface area contributed by atoms with E-state index in [-0.39, 0.29) is 17.9 Å². The number of hydrogen-bond donors (Lipinski definition) is 1. The van der Waals surface area contributed by atoms with Crippen LogP contribution in [0.5, 0.6) is 0 Å². The molecule has 33 heavy (non-hydrogen) atoms. The summed E-state index contributed by atoms with van der Waals surface area (Å²) in [5.74, 6) is 0.00494. The van der Waals surface area contributed by atoms with Gasteiger partial charge in [0.15, 0.2) is 5.69 Å². The Morgan fingerprint density at radius 1 is 1.06 bits per heavy atom. The van der Waals surface area contributed by atoms with Gasteiger partial charge in [-0.25, -0.2) is 9.67 Å². The van der Waals surface area contributed by atoms with Gasteiger partial charge >= 0.3 is 6.18 Å². The Hall–Kier alpha value is -3.95. The molecule has 0 atom stereocenters. The van der Waals surface area contributed by atoms with E-state index in [1.165, 1.54) is 25.1 Å². The van der Waals surface area contributed by atoms with Crippen LogP contribution < -0.4 is 10.7 Å². The molecule has 0 bridgehead atoms. The third kappa shape index (κ3) is 4.36. The highest BCUT2D eigenvalue weighted by Crippen LogP contribution is 2.33. The van der Waals surface area contributed by atoms with Crippen LogP contribution in [0.25, 0.3) is 16.7 Å². The van der Waals surface area contributed by atoms with E-state index in [4.69, 9.17) is 0 Å². The first-order valence-electron chi connectivity index (χ1n) is 10.1. The summed E-state index contributed by atoms with van der Waals surface area (Å²) < 4.78 is 43.3. The molecule has 4 aromatic rings. The Balaban J connectivity index is 1.59. The van der Waals surface area contributed by atoms with Crippen LogP contribution in [-0.4, -0.2) is 31.8 Å². The number of amides is 1. The third-order valence-electron chi connectivity index (χ3n) is 5.23. The molecule has 4 rings (SSSR count). The number of fused-ring (bicyclic) bond motifs is 1. The molecule has 2 aromatic carbocycles. The summed E-state index contributed by atoms with van der Waals surface area (Å²) in [4.78, 5) is 29.5. The van der Waals surface area contributed by atoms with E-state index in [1.54, 1.807) is 0 Å². The monoisotopic (exact) mass is 455 g/mol. The second-order valence-electron chi connectivity index (χ2n) is 7.48. The average molecular weight is 455 g/mol. The summed E-state index contributed by atoms with van der Waals surface area (Å²) in [7, 11) is 0. The van der Waals surface area contributed by atoms with Gasteiger partial charge in [-0.2, -0.15) is 18.3 Å². The number of halogens is 3. The molecule has 0 fully saturated rings. The maximum Gasteiger partial charge on any atom is 0.418 e. The molecule has 0 saturated carbocycles. The Kier molecular flexibility index (Phi) is 5.75. The van der Waals surface area contributed by atoms with E-state index >= 15 is 0 Å². The SMILES string of the molecule is Cc1cc(=O)c(C(=O)NCCn2c(C)nc3ccccc32)nn1-c1ccccc1C(F)(F)F. The second kappa shape index (κ2) is 8.53. The van der Waals surface area contributed by atoms with Gasteiger partial charge in [-0.3, -0.25) is 9.59 Å². The summed E-state index contributed by atoms with van der Waals surface area (Å²) in [5, 5.41) is 6.60. The van der Waals surface area contributed by atoms with Crippen molar-refractivity contribution in [1.29, 1.82) is 0 Å². The predicted octanol–water partition coefficient (Wildman–Crippen LogP) is 3.65. The van der Waals surface area contributed by atoms with Crippen molar-refractivity contribution in [2.24, 2.45) is 0 Å². The summed E-state index contributed by atoms with van der Waals surface area (Å²) in [5.41, 5.74) is -0.430. The van der Waals surface area contributed by atoms with Gasteiger partial charge in [0, 0.05) is 24.8 Å². The van der Waals surface area contributed by atoms with Gasteiger partial charge in [-0.15, -0.1) is 0 Å². The molecule has 1 N–H and O–H groups in total. The quantitative estimate of drug-likeness (QED) is 0.498. The number of para-hydroxylation sites is 3. The van der Waals surface area contributed by atoms with Crippen LogP contribution in [0, 0.1) is 13.8 Å². The number of imidazole rings is 1. The number of aryl methyl sites for hydroxylation is 2. The van der Waals surface area contributed by atoms with E-state index in [0.717, 1.165) is 33.7 Å². The van der Waals surface area contributed by atoms with Gasteiger partial charge in [0.25, 0.3) is 5.91 Å². The Morgan fingerprint density at radius 2 is 1.76 bits per heavy atom. The number of hydrogen-bond acceptors (Lipinski definition) is 4. The standard InChI is InChI=1S/C23H20F3N5O2/c1-14-13-20(32)21(29-31(14)18-9-5-3-7-16(18)23(24,25)26)22(33)27-11-12-30-15(2)28-17-8-4-6-10-19(17)30/h3-10,13H,11-12H2,1-2H3,(H,27,33). The Labute approximate surface area is 186 Å². The minimum atomic E-state index is -4.62. The number of rotatable bonds is 5. The minimum absolute atomic E-state index is 0.175. The van der Waals surface area contributed by atoms with Crippen molar-refractivity contribution in [1.82, 2.24) is 24.6 Å². The number of nitrogens with one attached hydrogen (secondary N) is 1. The van der Waals surface area contributed by atoms with E-state index in [1.807, 2.05) is 35.8 Å². The van der Waals surface area contributed by atoms with Gasteiger partial charge < -0.3 is 9.88 Å². The van der Waals surface area contributed by atoms with Gasteiger partial charge in [0.1, 0.15) is 5.82 Å². The fraction of sp³-hybridized carbons (Fsp3) is 0.217. The van der Waals surface area contributed by atoms with Crippen molar-refractivity contribution < 1.29 is 18.0 Å². The van der Waals surface area contributed by atoms with Crippen LogP contribution in [0.4, 0.5) is 13.2 Å².